The van der Waals surface area contributed by atoms with Gasteiger partial charge in [-0.25, -0.2) is 4.79 Å². The second-order valence-corrected chi connectivity index (χ2v) is 3.72. The van der Waals surface area contributed by atoms with Gasteiger partial charge in [0.15, 0.2) is 0 Å². The number of nitrogens with one attached hydrogen (secondary N) is 1. The highest BCUT2D eigenvalue weighted by atomic mass is 16.4. The molecule has 0 unspecified atom stereocenters. The summed E-state index contributed by atoms with van der Waals surface area (Å²) in [6, 6.07) is 1.33. The van der Waals surface area contributed by atoms with Crippen molar-refractivity contribution < 1.29 is 29.6 Å². The van der Waals surface area contributed by atoms with Crippen molar-refractivity contribution >= 4 is 5.97 Å². The van der Waals surface area contributed by atoms with Gasteiger partial charge in [-0.15, -0.1) is 0 Å². The number of aromatic carboxylic acids is 1. The molecule has 0 saturated heterocycles. The summed E-state index contributed by atoms with van der Waals surface area (Å²) in [5.41, 5.74) is -1.19. The fourth-order valence-electron chi connectivity index (χ4n) is 1.18. The van der Waals surface area contributed by atoms with Crippen molar-refractivity contribution in [3.05, 3.63) is 23.7 Å². The third-order valence-corrected chi connectivity index (χ3v) is 2.45. The molecule has 5 N–H and O–H groups in total. The van der Waals surface area contributed by atoms with E-state index < -0.39 is 31.3 Å². The van der Waals surface area contributed by atoms with E-state index in [0.29, 0.717) is 5.76 Å². The molecule has 1 rings (SSSR count). The maximum atomic E-state index is 10.6. The quantitative estimate of drug-likeness (QED) is 0.408. The van der Waals surface area contributed by atoms with Crippen LogP contribution < -0.4 is 5.32 Å². The van der Waals surface area contributed by atoms with E-state index in [1.807, 2.05) is 0 Å². The monoisotopic (exact) mass is 245 g/mol. The first kappa shape index (κ1) is 13.7. The van der Waals surface area contributed by atoms with Crippen molar-refractivity contribution in [2.45, 2.75) is 12.1 Å². The van der Waals surface area contributed by atoms with Gasteiger partial charge in [0.05, 0.1) is 37.5 Å². The van der Waals surface area contributed by atoms with Crippen LogP contribution in [-0.2, 0) is 6.54 Å². The van der Waals surface area contributed by atoms with Crippen molar-refractivity contribution in [2.24, 2.45) is 0 Å². The molecule has 7 nitrogen and oxygen atoms in total. The summed E-state index contributed by atoms with van der Waals surface area (Å²) in [5.74, 6) is -0.764. The van der Waals surface area contributed by atoms with Gasteiger partial charge in [-0.05, 0) is 6.07 Å². The van der Waals surface area contributed by atoms with Crippen LogP contribution in [0, 0.1) is 0 Å². The number of carboxylic acids is 1. The van der Waals surface area contributed by atoms with E-state index in [-0.39, 0.29) is 12.1 Å². The van der Waals surface area contributed by atoms with Gasteiger partial charge in [-0.2, -0.15) is 0 Å². The third-order valence-electron chi connectivity index (χ3n) is 2.45. The zero-order valence-electron chi connectivity index (χ0n) is 9.09. The minimum absolute atomic E-state index is 0.0180. The van der Waals surface area contributed by atoms with Crippen LogP contribution in [0.1, 0.15) is 16.1 Å². The number of carbonyl (C=O) groups is 1. The Hall–Kier alpha value is -1.41. The molecule has 7 heteroatoms. The zero-order chi connectivity index (χ0) is 12.9. The first-order valence-corrected chi connectivity index (χ1v) is 4.95. The molecular formula is C10H15NO6. The van der Waals surface area contributed by atoms with Gasteiger partial charge in [-0.1, -0.05) is 0 Å². The van der Waals surface area contributed by atoms with E-state index in [4.69, 9.17) is 24.8 Å². The van der Waals surface area contributed by atoms with Crippen LogP contribution in [0.2, 0.25) is 0 Å². The number of furan rings is 1. The lowest BCUT2D eigenvalue weighted by molar-refractivity contribution is 0.0402. The SMILES string of the molecule is O=C(O)c1coc(CNC(CO)(CO)CO)c1. The second kappa shape index (κ2) is 5.78. The van der Waals surface area contributed by atoms with E-state index >= 15 is 0 Å². The number of carboxylic acid groups (broad SMARTS) is 1. The average molecular weight is 245 g/mol. The average Bonchev–Trinajstić information content (AvgIpc) is 2.81. The van der Waals surface area contributed by atoms with Crippen molar-refractivity contribution in [2.75, 3.05) is 19.8 Å². The minimum Gasteiger partial charge on any atom is -0.478 e. The molecule has 0 fully saturated rings. The van der Waals surface area contributed by atoms with E-state index in [1.165, 1.54) is 6.07 Å². The number of rotatable bonds is 7. The summed E-state index contributed by atoms with van der Waals surface area (Å²) < 4.78 is 4.97. The van der Waals surface area contributed by atoms with Gasteiger partial charge in [0, 0.05) is 0 Å². The molecule has 0 atom stereocenters. The highest BCUT2D eigenvalue weighted by Gasteiger charge is 2.27. The standard InChI is InChI=1S/C10H15NO6/c12-4-10(5-13,6-14)11-2-8-1-7(3-17-8)9(15)16/h1,3,11-14H,2,4-6H2,(H,15,16). The minimum atomic E-state index is -1.21. The predicted molar refractivity (Wildman–Crippen MR) is 56.5 cm³/mol. The predicted octanol–water partition coefficient (Wildman–Crippen LogP) is -1.22. The molecule has 1 heterocycles. The smallest absolute Gasteiger partial charge is 0.338 e. The number of hydrogen-bond acceptors (Lipinski definition) is 6. The lowest BCUT2D eigenvalue weighted by Crippen LogP contribution is -2.54. The molecule has 1 aromatic heterocycles. The van der Waals surface area contributed by atoms with Crippen molar-refractivity contribution in [3.63, 3.8) is 0 Å². The maximum Gasteiger partial charge on any atom is 0.338 e. The Morgan fingerprint density at radius 1 is 1.29 bits per heavy atom. The normalized spacial score (nSPS) is 11.7. The van der Waals surface area contributed by atoms with Gasteiger partial charge in [-0.3, -0.25) is 5.32 Å². The Labute approximate surface area is 97.3 Å². The Balaban J connectivity index is 2.62. The Kier molecular flexibility index (Phi) is 4.64. The van der Waals surface area contributed by atoms with Crippen molar-refractivity contribution in [3.8, 4) is 0 Å². The summed E-state index contributed by atoms with van der Waals surface area (Å²) in [6.07, 6.45) is 1.10. The van der Waals surface area contributed by atoms with Gasteiger partial charge in [0.1, 0.15) is 12.0 Å². The summed E-state index contributed by atoms with van der Waals surface area (Å²) in [4.78, 5) is 10.6. The topological polar surface area (TPSA) is 123 Å². The van der Waals surface area contributed by atoms with E-state index in [2.05, 4.69) is 5.32 Å². The molecule has 0 radical (unpaired) electrons. The molecule has 0 aliphatic heterocycles. The fraction of sp³-hybridized carbons (Fsp3) is 0.500. The highest BCUT2D eigenvalue weighted by molar-refractivity contribution is 5.87. The third kappa shape index (κ3) is 3.27. The Morgan fingerprint density at radius 2 is 1.88 bits per heavy atom. The van der Waals surface area contributed by atoms with Gasteiger partial charge >= 0.3 is 5.97 Å². The number of aliphatic hydroxyl groups excluding tert-OH is 3. The number of aliphatic hydroxyl groups is 3. The van der Waals surface area contributed by atoms with Crippen LogP contribution in [0.5, 0.6) is 0 Å². The van der Waals surface area contributed by atoms with Crippen LogP contribution >= 0.6 is 0 Å². The van der Waals surface area contributed by atoms with E-state index in [1.54, 1.807) is 0 Å². The molecule has 0 aromatic carbocycles. The molecule has 17 heavy (non-hydrogen) atoms. The van der Waals surface area contributed by atoms with Crippen LogP contribution in [0.15, 0.2) is 16.7 Å². The summed E-state index contributed by atoms with van der Waals surface area (Å²) in [6.45, 7) is -1.26. The van der Waals surface area contributed by atoms with Gasteiger partial charge in [0.25, 0.3) is 0 Å². The van der Waals surface area contributed by atoms with Gasteiger partial charge in [0.2, 0.25) is 0 Å². The van der Waals surface area contributed by atoms with Crippen LogP contribution in [0.25, 0.3) is 0 Å². The molecule has 0 aliphatic carbocycles. The lowest BCUT2D eigenvalue weighted by Gasteiger charge is -2.28. The Bertz CT molecular complexity index is 362. The van der Waals surface area contributed by atoms with Crippen LogP contribution in [0.3, 0.4) is 0 Å². The van der Waals surface area contributed by atoms with Crippen LogP contribution in [-0.4, -0.2) is 51.8 Å². The van der Waals surface area contributed by atoms with Crippen LogP contribution in [0.4, 0.5) is 0 Å². The molecule has 96 valence electrons. The number of hydrogen-bond donors (Lipinski definition) is 5. The molecule has 0 amide bonds. The largest absolute Gasteiger partial charge is 0.478 e. The Morgan fingerprint density at radius 3 is 2.29 bits per heavy atom. The molecule has 1 aromatic rings. The van der Waals surface area contributed by atoms with Crippen molar-refractivity contribution in [1.29, 1.82) is 0 Å². The van der Waals surface area contributed by atoms with Gasteiger partial charge < -0.3 is 24.8 Å². The molecule has 0 saturated carbocycles. The summed E-state index contributed by atoms with van der Waals surface area (Å²) in [7, 11) is 0. The first-order chi connectivity index (χ1) is 8.06. The molecular weight excluding hydrogens is 230 g/mol. The maximum absolute atomic E-state index is 10.6. The molecule has 0 aliphatic rings. The highest BCUT2D eigenvalue weighted by Crippen LogP contribution is 2.10. The van der Waals surface area contributed by atoms with E-state index in [0.717, 1.165) is 6.26 Å². The first-order valence-electron chi connectivity index (χ1n) is 4.95. The summed E-state index contributed by atoms with van der Waals surface area (Å²) >= 11 is 0. The fourth-order valence-corrected chi connectivity index (χ4v) is 1.18. The summed E-state index contributed by atoms with van der Waals surface area (Å²) in [5, 5.41) is 38.5. The van der Waals surface area contributed by atoms with Crippen molar-refractivity contribution in [1.82, 2.24) is 5.32 Å². The zero-order valence-corrected chi connectivity index (χ0v) is 9.09. The second-order valence-electron chi connectivity index (χ2n) is 3.72. The van der Waals surface area contributed by atoms with E-state index in [9.17, 15) is 4.79 Å². The molecule has 0 spiro atoms. The lowest BCUT2D eigenvalue weighted by atomic mass is 10.0. The molecule has 0 bridgehead atoms.